The first-order valence-electron chi connectivity index (χ1n) is 8.32. The molecule has 1 fully saturated rings. The molecule has 1 heterocycles. The number of hydrogen-bond acceptors (Lipinski definition) is 3. The van der Waals surface area contributed by atoms with Crippen molar-refractivity contribution in [2.75, 3.05) is 13.1 Å². The highest BCUT2D eigenvalue weighted by Crippen LogP contribution is 2.19. The van der Waals surface area contributed by atoms with Crippen molar-refractivity contribution in [1.82, 2.24) is 10.2 Å². The molecule has 1 atom stereocenters. The van der Waals surface area contributed by atoms with Gasteiger partial charge in [-0.3, -0.25) is 4.79 Å². The molecule has 0 spiro atoms. The van der Waals surface area contributed by atoms with Crippen LogP contribution < -0.4 is 5.32 Å². The number of carbonyl (C=O) groups excluding carboxylic acids is 2. The van der Waals surface area contributed by atoms with E-state index in [0.717, 1.165) is 5.56 Å². The average molecular weight is 348 g/mol. The van der Waals surface area contributed by atoms with Crippen molar-refractivity contribution in [2.24, 2.45) is 0 Å². The van der Waals surface area contributed by atoms with Crippen molar-refractivity contribution >= 4 is 18.1 Å². The van der Waals surface area contributed by atoms with E-state index in [1.165, 1.54) is 12.1 Å². The number of aryl methyl sites for hydroxylation is 1. The van der Waals surface area contributed by atoms with E-state index in [0.29, 0.717) is 25.1 Å². The van der Waals surface area contributed by atoms with Gasteiger partial charge in [0.15, 0.2) is 0 Å². The minimum absolute atomic E-state index is 0.0174. The van der Waals surface area contributed by atoms with Crippen molar-refractivity contribution in [3.63, 3.8) is 0 Å². The maximum absolute atomic E-state index is 14.1. The first-order chi connectivity index (χ1) is 11.6. The zero-order chi connectivity index (χ0) is 18.8. The molecule has 1 saturated heterocycles. The van der Waals surface area contributed by atoms with Gasteiger partial charge >= 0.3 is 6.09 Å². The normalized spacial score (nSPS) is 17.3. The van der Waals surface area contributed by atoms with Gasteiger partial charge in [0.1, 0.15) is 11.4 Å². The Morgan fingerprint density at radius 2 is 2.08 bits per heavy atom. The summed E-state index contributed by atoms with van der Waals surface area (Å²) in [6, 6.07) is 2.59. The van der Waals surface area contributed by atoms with Crippen LogP contribution in [0.4, 0.5) is 9.18 Å². The van der Waals surface area contributed by atoms with Crippen LogP contribution in [0.1, 0.15) is 48.7 Å². The van der Waals surface area contributed by atoms with Gasteiger partial charge in [-0.1, -0.05) is 12.7 Å². The fraction of sp³-hybridized carbons (Fsp3) is 0.474. The molecule has 0 radical (unpaired) electrons. The molecule has 0 saturated carbocycles. The molecule has 0 unspecified atom stereocenters. The lowest BCUT2D eigenvalue weighted by atomic mass is 10.0. The molecule has 1 aliphatic rings. The van der Waals surface area contributed by atoms with Crippen molar-refractivity contribution in [3.05, 3.63) is 41.2 Å². The number of ether oxygens (including phenoxy) is 1. The monoisotopic (exact) mass is 348 g/mol. The van der Waals surface area contributed by atoms with Crippen LogP contribution in [0.5, 0.6) is 0 Å². The van der Waals surface area contributed by atoms with E-state index < -0.39 is 23.4 Å². The second-order valence-corrected chi connectivity index (χ2v) is 7.28. The highest BCUT2D eigenvalue weighted by molar-refractivity contribution is 5.95. The molecule has 1 aliphatic heterocycles. The number of hydrogen-bond donors (Lipinski definition) is 1. The SMILES string of the molecule is C=Cc1cc(C(=O)N[C@@H]2CCN(C(=O)OC(C)(C)C)C2)c(F)cc1C. The number of nitrogens with one attached hydrogen (secondary N) is 1. The first-order valence-corrected chi connectivity index (χ1v) is 8.32. The van der Waals surface area contributed by atoms with Crippen molar-refractivity contribution in [2.45, 2.75) is 45.8 Å². The van der Waals surface area contributed by atoms with Gasteiger partial charge < -0.3 is 15.0 Å². The van der Waals surface area contributed by atoms with Crippen LogP contribution >= 0.6 is 0 Å². The summed E-state index contributed by atoms with van der Waals surface area (Å²) < 4.78 is 19.4. The molecule has 1 N–H and O–H groups in total. The molecule has 136 valence electrons. The number of halogens is 1. The number of carbonyl (C=O) groups is 2. The van der Waals surface area contributed by atoms with Crippen LogP contribution in [-0.4, -0.2) is 41.6 Å². The van der Waals surface area contributed by atoms with E-state index >= 15 is 0 Å². The van der Waals surface area contributed by atoms with Crippen LogP contribution in [0.25, 0.3) is 6.08 Å². The van der Waals surface area contributed by atoms with Crippen molar-refractivity contribution in [3.8, 4) is 0 Å². The Labute approximate surface area is 147 Å². The fourth-order valence-electron chi connectivity index (χ4n) is 2.72. The molecular weight excluding hydrogens is 323 g/mol. The lowest BCUT2D eigenvalue weighted by Gasteiger charge is -2.24. The molecular formula is C19H25FN2O3. The number of amides is 2. The van der Waals surface area contributed by atoms with E-state index in [1.807, 2.05) is 0 Å². The molecule has 2 rings (SSSR count). The second kappa shape index (κ2) is 7.25. The lowest BCUT2D eigenvalue weighted by Crippen LogP contribution is -2.40. The Balaban J connectivity index is 2.01. The van der Waals surface area contributed by atoms with E-state index in [1.54, 1.807) is 38.7 Å². The van der Waals surface area contributed by atoms with E-state index in [4.69, 9.17) is 4.74 Å². The van der Waals surface area contributed by atoms with Crippen molar-refractivity contribution < 1.29 is 18.7 Å². The Morgan fingerprint density at radius 3 is 2.68 bits per heavy atom. The Bertz CT molecular complexity index is 695. The quantitative estimate of drug-likeness (QED) is 0.909. The summed E-state index contributed by atoms with van der Waals surface area (Å²) in [7, 11) is 0. The maximum Gasteiger partial charge on any atom is 0.410 e. The third-order valence-corrected chi connectivity index (χ3v) is 4.00. The van der Waals surface area contributed by atoms with Crippen LogP contribution in [0, 0.1) is 12.7 Å². The molecule has 0 aliphatic carbocycles. The minimum Gasteiger partial charge on any atom is -0.444 e. The molecule has 25 heavy (non-hydrogen) atoms. The Kier molecular flexibility index (Phi) is 5.50. The van der Waals surface area contributed by atoms with Gasteiger partial charge in [-0.25, -0.2) is 9.18 Å². The van der Waals surface area contributed by atoms with Crippen LogP contribution in [0.3, 0.4) is 0 Å². The number of nitrogens with zero attached hydrogens (tertiary/aromatic N) is 1. The predicted octanol–water partition coefficient (Wildman–Crippen LogP) is 3.52. The lowest BCUT2D eigenvalue weighted by molar-refractivity contribution is 0.0290. The summed E-state index contributed by atoms with van der Waals surface area (Å²) in [4.78, 5) is 26.0. The van der Waals surface area contributed by atoms with Crippen molar-refractivity contribution in [1.29, 1.82) is 0 Å². The van der Waals surface area contributed by atoms with E-state index in [-0.39, 0.29) is 11.6 Å². The van der Waals surface area contributed by atoms with Gasteiger partial charge in [-0.05, 0) is 57.4 Å². The first kappa shape index (κ1) is 19.0. The summed E-state index contributed by atoms with van der Waals surface area (Å²) in [6.07, 6.45) is 1.79. The van der Waals surface area contributed by atoms with Gasteiger partial charge in [0.25, 0.3) is 5.91 Å². The number of likely N-dealkylation sites (tertiary alicyclic amines) is 1. The zero-order valence-electron chi connectivity index (χ0n) is 15.2. The highest BCUT2D eigenvalue weighted by atomic mass is 19.1. The average Bonchev–Trinajstić information content (AvgIpc) is 2.94. The van der Waals surface area contributed by atoms with Crippen LogP contribution in [0.15, 0.2) is 18.7 Å². The van der Waals surface area contributed by atoms with Gasteiger partial charge in [0.05, 0.1) is 5.56 Å². The van der Waals surface area contributed by atoms with Crippen LogP contribution in [0.2, 0.25) is 0 Å². The molecule has 1 aromatic carbocycles. The molecule has 5 nitrogen and oxygen atoms in total. The smallest absolute Gasteiger partial charge is 0.410 e. The van der Waals surface area contributed by atoms with Gasteiger partial charge in [-0.2, -0.15) is 0 Å². The molecule has 1 aromatic rings. The standard InChI is InChI=1S/C19H25FN2O3/c1-6-13-10-15(16(20)9-12(13)2)17(23)21-14-7-8-22(11-14)18(24)25-19(3,4)5/h6,9-10,14H,1,7-8,11H2,2-5H3,(H,21,23)/t14-/m1/s1. The van der Waals surface area contributed by atoms with E-state index in [9.17, 15) is 14.0 Å². The van der Waals surface area contributed by atoms with Gasteiger partial charge in [0, 0.05) is 19.1 Å². The van der Waals surface area contributed by atoms with Gasteiger partial charge in [0.2, 0.25) is 0 Å². The molecule has 0 aromatic heterocycles. The summed E-state index contributed by atoms with van der Waals surface area (Å²) >= 11 is 0. The van der Waals surface area contributed by atoms with Crippen LogP contribution in [-0.2, 0) is 4.74 Å². The Morgan fingerprint density at radius 1 is 1.40 bits per heavy atom. The fourth-order valence-corrected chi connectivity index (χ4v) is 2.72. The largest absolute Gasteiger partial charge is 0.444 e. The third-order valence-electron chi connectivity index (χ3n) is 4.00. The number of benzene rings is 1. The zero-order valence-corrected chi connectivity index (χ0v) is 15.2. The predicted molar refractivity (Wildman–Crippen MR) is 94.9 cm³/mol. The number of rotatable bonds is 3. The second-order valence-electron chi connectivity index (χ2n) is 7.28. The maximum atomic E-state index is 14.1. The third kappa shape index (κ3) is 4.81. The summed E-state index contributed by atoms with van der Waals surface area (Å²) in [6.45, 7) is 11.7. The molecule has 2 amide bonds. The summed E-state index contributed by atoms with van der Waals surface area (Å²) in [5, 5.41) is 2.79. The topological polar surface area (TPSA) is 58.6 Å². The molecule has 6 heteroatoms. The summed E-state index contributed by atoms with van der Waals surface area (Å²) in [5.41, 5.74) is 0.857. The van der Waals surface area contributed by atoms with E-state index in [2.05, 4.69) is 11.9 Å². The minimum atomic E-state index is -0.567. The molecule has 0 bridgehead atoms. The summed E-state index contributed by atoms with van der Waals surface area (Å²) in [5.74, 6) is -1.06. The van der Waals surface area contributed by atoms with Gasteiger partial charge in [-0.15, -0.1) is 0 Å². The highest BCUT2D eigenvalue weighted by Gasteiger charge is 2.31. The Hall–Kier alpha value is -2.37.